The summed E-state index contributed by atoms with van der Waals surface area (Å²) in [5.74, 6) is -0.294. The first-order chi connectivity index (χ1) is 14.0. The van der Waals surface area contributed by atoms with E-state index in [-0.39, 0.29) is 23.1 Å². The Hall–Kier alpha value is -2.76. The van der Waals surface area contributed by atoms with Crippen molar-refractivity contribution in [1.29, 1.82) is 0 Å². The van der Waals surface area contributed by atoms with E-state index in [1.54, 1.807) is 0 Å². The third kappa shape index (κ3) is 4.23. The van der Waals surface area contributed by atoms with Crippen molar-refractivity contribution < 1.29 is 14.6 Å². The molecular weight excluding hydrogens is 380 g/mol. The van der Waals surface area contributed by atoms with Crippen molar-refractivity contribution >= 4 is 11.7 Å². The van der Waals surface area contributed by atoms with Crippen molar-refractivity contribution in [3.05, 3.63) is 63.3 Å². The molecule has 3 rings (SSSR count). The van der Waals surface area contributed by atoms with Gasteiger partial charge in [0.2, 0.25) is 0 Å². The fraction of sp³-hybridized carbons (Fsp3) is 0.500. The summed E-state index contributed by atoms with van der Waals surface area (Å²) in [5.41, 5.74) is 1.98. The number of allylic oxidation sites excluding steroid dienone is 4. The topological polar surface area (TPSA) is 71.8 Å². The minimum absolute atomic E-state index is 0.0273. The number of pyridine rings is 1. The van der Waals surface area contributed by atoms with Gasteiger partial charge in [-0.3, -0.25) is 4.79 Å². The molecular formula is C24H32N2O4. The summed E-state index contributed by atoms with van der Waals surface area (Å²) in [6, 6.07) is 1.50. The summed E-state index contributed by atoms with van der Waals surface area (Å²) in [6.07, 6.45) is 9.22. The van der Waals surface area contributed by atoms with E-state index in [2.05, 4.69) is 39.5 Å². The Labute approximate surface area is 178 Å². The first-order valence-electron chi connectivity index (χ1n) is 10.5. The molecule has 0 aromatic carbocycles. The summed E-state index contributed by atoms with van der Waals surface area (Å²) in [5, 5.41) is 9.49. The maximum absolute atomic E-state index is 12.6. The number of aromatic carboxylic acids is 1. The number of carbonyl (C=O) groups is 1. The van der Waals surface area contributed by atoms with E-state index in [0.29, 0.717) is 6.42 Å². The van der Waals surface area contributed by atoms with Gasteiger partial charge in [-0.2, -0.15) is 0 Å². The van der Waals surface area contributed by atoms with Gasteiger partial charge >= 0.3 is 5.97 Å². The Morgan fingerprint density at radius 1 is 1.37 bits per heavy atom. The van der Waals surface area contributed by atoms with Crippen molar-refractivity contribution in [3.63, 3.8) is 0 Å². The van der Waals surface area contributed by atoms with Gasteiger partial charge in [0.15, 0.2) is 5.43 Å². The minimum atomic E-state index is -1.19. The predicted octanol–water partition coefficient (Wildman–Crippen LogP) is 4.45. The first kappa shape index (κ1) is 21.9. The highest BCUT2D eigenvalue weighted by Crippen LogP contribution is 2.41. The SMILES string of the molecule is CCC(C)OC1=CC=C/C(=C2\c3cc(=O)c(C(=O)O)cn3C(C(C)(C)C)CN2C)C1. The Bertz CT molecular complexity index is 991. The predicted molar refractivity (Wildman–Crippen MR) is 118 cm³/mol. The van der Waals surface area contributed by atoms with Gasteiger partial charge < -0.3 is 19.3 Å². The van der Waals surface area contributed by atoms with Crippen LogP contribution in [0.2, 0.25) is 0 Å². The maximum atomic E-state index is 12.6. The molecule has 2 unspecified atom stereocenters. The molecule has 2 atom stereocenters. The molecule has 162 valence electrons. The zero-order valence-electron chi connectivity index (χ0n) is 18.7. The summed E-state index contributed by atoms with van der Waals surface area (Å²) in [6.45, 7) is 11.3. The van der Waals surface area contributed by atoms with Gasteiger partial charge in [0, 0.05) is 32.3 Å². The van der Waals surface area contributed by atoms with Crippen LogP contribution in [0, 0.1) is 5.41 Å². The number of aromatic nitrogens is 1. The highest BCUT2D eigenvalue weighted by Gasteiger charge is 2.36. The molecule has 1 aliphatic heterocycles. The Morgan fingerprint density at radius 2 is 2.07 bits per heavy atom. The van der Waals surface area contributed by atoms with Gasteiger partial charge in [-0.25, -0.2) is 4.79 Å². The lowest BCUT2D eigenvalue weighted by Gasteiger charge is -2.44. The number of carboxylic acid groups (broad SMARTS) is 1. The molecule has 0 spiro atoms. The second kappa shape index (κ2) is 8.17. The molecule has 0 bridgehead atoms. The smallest absolute Gasteiger partial charge is 0.341 e. The summed E-state index contributed by atoms with van der Waals surface area (Å²) < 4.78 is 8.03. The van der Waals surface area contributed by atoms with E-state index in [4.69, 9.17) is 4.74 Å². The molecule has 30 heavy (non-hydrogen) atoms. The zero-order chi connectivity index (χ0) is 22.2. The minimum Gasteiger partial charge on any atom is -0.495 e. The number of rotatable bonds is 4. The van der Waals surface area contributed by atoms with Crippen LogP contribution in [0.25, 0.3) is 5.70 Å². The Morgan fingerprint density at radius 3 is 2.67 bits per heavy atom. The van der Waals surface area contributed by atoms with Crippen LogP contribution in [0.4, 0.5) is 0 Å². The van der Waals surface area contributed by atoms with E-state index in [1.165, 1.54) is 12.3 Å². The number of carboxylic acids is 1. The van der Waals surface area contributed by atoms with Crippen LogP contribution in [0.5, 0.6) is 0 Å². The Balaban J connectivity index is 2.16. The maximum Gasteiger partial charge on any atom is 0.341 e. The Kier molecular flexibility index (Phi) is 5.97. The quantitative estimate of drug-likeness (QED) is 0.791. The van der Waals surface area contributed by atoms with E-state index < -0.39 is 11.4 Å². The lowest BCUT2D eigenvalue weighted by molar-refractivity contribution is 0.0693. The van der Waals surface area contributed by atoms with Crippen molar-refractivity contribution in [2.45, 2.75) is 59.6 Å². The number of ether oxygens (including phenoxy) is 1. The van der Waals surface area contributed by atoms with Crippen LogP contribution in [-0.2, 0) is 4.74 Å². The molecule has 2 aliphatic rings. The molecule has 0 amide bonds. The number of hydrogen-bond donors (Lipinski definition) is 1. The summed E-state index contributed by atoms with van der Waals surface area (Å²) in [7, 11) is 2.03. The third-order valence-corrected chi connectivity index (χ3v) is 5.89. The lowest BCUT2D eigenvalue weighted by Crippen LogP contribution is -2.42. The first-order valence-corrected chi connectivity index (χ1v) is 10.5. The van der Waals surface area contributed by atoms with Crippen LogP contribution in [0.3, 0.4) is 0 Å². The average molecular weight is 413 g/mol. The number of nitrogens with zero attached hydrogens (tertiary/aromatic N) is 2. The van der Waals surface area contributed by atoms with Gasteiger partial charge in [0.25, 0.3) is 0 Å². The van der Waals surface area contributed by atoms with Crippen LogP contribution in [0.1, 0.15) is 69.6 Å². The second-order valence-corrected chi connectivity index (χ2v) is 9.29. The van der Waals surface area contributed by atoms with E-state index in [1.807, 2.05) is 29.8 Å². The van der Waals surface area contributed by atoms with Gasteiger partial charge in [-0.1, -0.05) is 39.8 Å². The molecule has 1 aromatic heterocycles. The highest BCUT2D eigenvalue weighted by atomic mass is 16.5. The van der Waals surface area contributed by atoms with Crippen molar-refractivity contribution in [2.24, 2.45) is 5.41 Å². The molecule has 0 saturated heterocycles. The van der Waals surface area contributed by atoms with Crippen LogP contribution in [-0.4, -0.2) is 40.2 Å². The third-order valence-electron chi connectivity index (χ3n) is 5.89. The van der Waals surface area contributed by atoms with Crippen LogP contribution >= 0.6 is 0 Å². The molecule has 1 aromatic rings. The normalized spacial score (nSPS) is 22.4. The average Bonchev–Trinajstić information content (AvgIpc) is 2.66. The largest absolute Gasteiger partial charge is 0.495 e. The van der Waals surface area contributed by atoms with Gasteiger partial charge in [-0.15, -0.1) is 0 Å². The highest BCUT2D eigenvalue weighted by molar-refractivity contribution is 5.87. The fourth-order valence-corrected chi connectivity index (χ4v) is 4.06. The van der Waals surface area contributed by atoms with Crippen molar-refractivity contribution in [3.8, 4) is 0 Å². The molecule has 6 nitrogen and oxygen atoms in total. The fourth-order valence-electron chi connectivity index (χ4n) is 4.06. The van der Waals surface area contributed by atoms with Crippen molar-refractivity contribution in [2.75, 3.05) is 13.6 Å². The van der Waals surface area contributed by atoms with Crippen molar-refractivity contribution in [1.82, 2.24) is 9.47 Å². The summed E-state index contributed by atoms with van der Waals surface area (Å²) in [4.78, 5) is 26.4. The van der Waals surface area contributed by atoms with Gasteiger partial charge in [0.1, 0.15) is 11.3 Å². The van der Waals surface area contributed by atoms with Gasteiger partial charge in [-0.05, 0) is 30.4 Å². The molecule has 6 heteroatoms. The molecule has 2 heterocycles. The molecule has 0 saturated carbocycles. The van der Waals surface area contributed by atoms with Crippen LogP contribution in [0.15, 0.2) is 46.6 Å². The van der Waals surface area contributed by atoms with Crippen LogP contribution < -0.4 is 5.43 Å². The van der Waals surface area contributed by atoms with Gasteiger partial charge in [0.05, 0.1) is 23.5 Å². The zero-order valence-corrected chi connectivity index (χ0v) is 18.7. The van der Waals surface area contributed by atoms with E-state index in [9.17, 15) is 14.7 Å². The molecule has 0 radical (unpaired) electrons. The second-order valence-electron chi connectivity index (χ2n) is 9.29. The lowest BCUT2D eigenvalue weighted by atomic mass is 9.83. The van der Waals surface area contributed by atoms with E-state index in [0.717, 1.165) is 35.7 Å². The standard InChI is InChI=1S/C24H32N2O4/c1-7-15(2)30-17-10-8-9-16(11-17)22-19-12-20(27)18(23(28)29)13-26(19)21(14-25(22)6)24(3,4)5/h8-10,12-13,15,21H,7,11,14H2,1-6H3,(H,28,29)/b22-16-. The molecule has 1 N–H and O–H groups in total. The molecule has 0 fully saturated rings. The monoisotopic (exact) mass is 412 g/mol. The molecule has 1 aliphatic carbocycles. The number of fused-ring (bicyclic) bond motifs is 1. The number of likely N-dealkylation sites (N-methyl/N-ethyl adjacent to an activating group) is 1. The number of hydrogen-bond acceptors (Lipinski definition) is 4. The van der Waals surface area contributed by atoms with E-state index >= 15 is 0 Å². The summed E-state index contributed by atoms with van der Waals surface area (Å²) >= 11 is 0.